The molecule has 2 amide bonds. The highest BCUT2D eigenvalue weighted by Crippen LogP contribution is 2.21. The van der Waals surface area contributed by atoms with Crippen LogP contribution in [-0.4, -0.2) is 36.0 Å². The Balaban J connectivity index is 0.000000323. The van der Waals surface area contributed by atoms with Crippen molar-refractivity contribution in [3.63, 3.8) is 0 Å². The van der Waals surface area contributed by atoms with Gasteiger partial charge in [-0.3, -0.25) is 19.2 Å². The van der Waals surface area contributed by atoms with Crippen molar-refractivity contribution in [2.24, 2.45) is 17.4 Å². The van der Waals surface area contributed by atoms with Gasteiger partial charge in [0.1, 0.15) is 0 Å². The number of halogens is 2. The number of nitrogens with one attached hydrogen (secondary N) is 1. The SMILES string of the molecule is CC(C)C(=O)c1cc(C(N)=O)ccc1Cl.CC(C)NC(=O)c1ccc(Cl)c(C(=O)CN)c1. The molecule has 0 aliphatic carbocycles. The van der Waals surface area contributed by atoms with E-state index in [2.05, 4.69) is 5.32 Å². The second kappa shape index (κ2) is 12.3. The van der Waals surface area contributed by atoms with Gasteiger partial charge in [0.05, 0.1) is 16.6 Å². The maximum absolute atomic E-state index is 11.7. The topological polar surface area (TPSA) is 132 Å². The van der Waals surface area contributed by atoms with Crippen LogP contribution < -0.4 is 16.8 Å². The molecule has 0 aliphatic rings. The molecule has 7 nitrogen and oxygen atoms in total. The Bertz CT molecular complexity index is 1020. The number of ketones is 2. The molecule has 0 aromatic heterocycles. The molecule has 0 fully saturated rings. The Morgan fingerprint density at radius 1 is 0.875 bits per heavy atom. The van der Waals surface area contributed by atoms with Crippen LogP contribution in [0.1, 0.15) is 69.1 Å². The fourth-order valence-electron chi connectivity index (χ4n) is 2.51. The van der Waals surface area contributed by atoms with E-state index < -0.39 is 5.91 Å². The number of Topliss-reactive ketones (excluding diaryl/α,β-unsaturated/α-hetero) is 2. The molecule has 0 radical (unpaired) electrons. The summed E-state index contributed by atoms with van der Waals surface area (Å²) in [6.07, 6.45) is 0. The number of carbonyl (C=O) groups excluding carboxylic acids is 4. The molecule has 0 saturated carbocycles. The third kappa shape index (κ3) is 7.75. The normalized spacial score (nSPS) is 10.4. The third-order valence-corrected chi connectivity index (χ3v) is 4.83. The first-order chi connectivity index (χ1) is 14.9. The summed E-state index contributed by atoms with van der Waals surface area (Å²) in [5.74, 6) is -1.34. The number of benzene rings is 2. The van der Waals surface area contributed by atoms with Crippen molar-refractivity contribution in [2.45, 2.75) is 33.7 Å². The molecular formula is C23H27Cl2N3O4. The number of rotatable bonds is 7. The van der Waals surface area contributed by atoms with E-state index in [1.807, 2.05) is 13.8 Å². The summed E-state index contributed by atoms with van der Waals surface area (Å²) in [6.45, 7) is 7.14. The average Bonchev–Trinajstić information content (AvgIpc) is 2.73. The van der Waals surface area contributed by atoms with Gasteiger partial charge < -0.3 is 16.8 Å². The van der Waals surface area contributed by atoms with Crippen LogP contribution in [0, 0.1) is 5.92 Å². The number of amides is 2. The largest absolute Gasteiger partial charge is 0.366 e. The van der Waals surface area contributed by atoms with E-state index in [4.69, 9.17) is 34.7 Å². The second-order valence-corrected chi connectivity index (χ2v) is 8.34. The highest BCUT2D eigenvalue weighted by molar-refractivity contribution is 6.34. The predicted molar refractivity (Wildman–Crippen MR) is 127 cm³/mol. The van der Waals surface area contributed by atoms with E-state index in [0.29, 0.717) is 26.7 Å². The monoisotopic (exact) mass is 479 g/mol. The quantitative estimate of drug-likeness (QED) is 0.517. The van der Waals surface area contributed by atoms with E-state index in [1.54, 1.807) is 19.9 Å². The maximum Gasteiger partial charge on any atom is 0.251 e. The second-order valence-electron chi connectivity index (χ2n) is 7.53. The van der Waals surface area contributed by atoms with Gasteiger partial charge in [0, 0.05) is 34.2 Å². The maximum atomic E-state index is 11.7. The Morgan fingerprint density at radius 2 is 1.38 bits per heavy atom. The van der Waals surface area contributed by atoms with Gasteiger partial charge in [0.15, 0.2) is 11.6 Å². The van der Waals surface area contributed by atoms with E-state index in [1.165, 1.54) is 30.3 Å². The molecule has 32 heavy (non-hydrogen) atoms. The van der Waals surface area contributed by atoms with Gasteiger partial charge in [-0.1, -0.05) is 37.0 Å². The van der Waals surface area contributed by atoms with Crippen molar-refractivity contribution in [3.8, 4) is 0 Å². The highest BCUT2D eigenvalue weighted by atomic mass is 35.5. The van der Waals surface area contributed by atoms with Gasteiger partial charge in [-0.2, -0.15) is 0 Å². The molecule has 0 saturated heterocycles. The fraction of sp³-hybridized carbons (Fsp3) is 0.304. The lowest BCUT2D eigenvalue weighted by molar-refractivity contribution is 0.0932. The molecular weight excluding hydrogens is 453 g/mol. The van der Waals surface area contributed by atoms with Crippen LogP contribution in [0.4, 0.5) is 0 Å². The van der Waals surface area contributed by atoms with Gasteiger partial charge in [-0.15, -0.1) is 0 Å². The third-order valence-electron chi connectivity index (χ3n) is 4.17. The number of primary amides is 1. The van der Waals surface area contributed by atoms with Gasteiger partial charge in [0.25, 0.3) is 5.91 Å². The fourth-order valence-corrected chi connectivity index (χ4v) is 2.95. The lowest BCUT2D eigenvalue weighted by Crippen LogP contribution is -2.30. The Morgan fingerprint density at radius 3 is 1.84 bits per heavy atom. The molecule has 0 spiro atoms. The van der Waals surface area contributed by atoms with Crippen LogP contribution in [0.5, 0.6) is 0 Å². The lowest BCUT2D eigenvalue weighted by Gasteiger charge is -2.09. The summed E-state index contributed by atoms with van der Waals surface area (Å²) >= 11 is 11.7. The minimum atomic E-state index is -0.565. The van der Waals surface area contributed by atoms with E-state index >= 15 is 0 Å². The van der Waals surface area contributed by atoms with Crippen LogP contribution in [0.15, 0.2) is 36.4 Å². The van der Waals surface area contributed by atoms with Crippen molar-refractivity contribution in [3.05, 3.63) is 68.7 Å². The van der Waals surface area contributed by atoms with E-state index in [0.717, 1.165) is 0 Å². The standard InChI is InChI=1S/C12H15ClN2O2.C11H12ClNO2/c1-7(2)15-12(17)8-3-4-10(13)9(5-8)11(16)6-14;1-6(2)10(14)8-5-7(11(13)15)3-4-9(8)12/h3-5,7H,6,14H2,1-2H3,(H,15,17);3-6H,1-2H3,(H2,13,15). The number of nitrogens with two attached hydrogens (primary N) is 2. The summed E-state index contributed by atoms with van der Waals surface area (Å²) < 4.78 is 0. The molecule has 9 heteroatoms. The molecule has 172 valence electrons. The van der Waals surface area contributed by atoms with Crippen molar-refractivity contribution in [1.29, 1.82) is 0 Å². The predicted octanol–water partition coefficient (Wildman–Crippen LogP) is 3.90. The van der Waals surface area contributed by atoms with Gasteiger partial charge in [0.2, 0.25) is 5.91 Å². The minimum absolute atomic E-state index is 0.0341. The number of hydrogen-bond donors (Lipinski definition) is 3. The average molecular weight is 480 g/mol. The van der Waals surface area contributed by atoms with Crippen LogP contribution >= 0.6 is 23.2 Å². The molecule has 0 heterocycles. The van der Waals surface area contributed by atoms with Crippen molar-refractivity contribution >= 4 is 46.6 Å². The summed E-state index contributed by atoms with van der Waals surface area (Å²) in [5.41, 5.74) is 11.7. The summed E-state index contributed by atoms with van der Waals surface area (Å²) in [6, 6.07) is 9.06. The molecule has 2 aromatic carbocycles. The van der Waals surface area contributed by atoms with E-state index in [9.17, 15) is 19.2 Å². The summed E-state index contributed by atoms with van der Waals surface area (Å²) in [7, 11) is 0. The number of carbonyl (C=O) groups is 4. The zero-order chi connectivity index (χ0) is 24.6. The van der Waals surface area contributed by atoms with E-state index in [-0.39, 0.29) is 41.5 Å². The van der Waals surface area contributed by atoms with Gasteiger partial charge in [-0.25, -0.2) is 0 Å². The lowest BCUT2D eigenvalue weighted by atomic mass is 9.99. The van der Waals surface area contributed by atoms with Gasteiger partial charge >= 0.3 is 0 Å². The summed E-state index contributed by atoms with van der Waals surface area (Å²) in [4.78, 5) is 45.9. The minimum Gasteiger partial charge on any atom is -0.366 e. The summed E-state index contributed by atoms with van der Waals surface area (Å²) in [5, 5.41) is 3.39. The highest BCUT2D eigenvalue weighted by Gasteiger charge is 2.16. The first-order valence-electron chi connectivity index (χ1n) is 9.86. The zero-order valence-electron chi connectivity index (χ0n) is 18.4. The molecule has 2 aromatic rings. The van der Waals surface area contributed by atoms with Crippen LogP contribution in [0.25, 0.3) is 0 Å². The molecule has 0 aliphatic heterocycles. The van der Waals surface area contributed by atoms with Crippen LogP contribution in [0.2, 0.25) is 10.0 Å². The van der Waals surface area contributed by atoms with Crippen molar-refractivity contribution in [2.75, 3.05) is 6.54 Å². The van der Waals surface area contributed by atoms with Crippen LogP contribution in [-0.2, 0) is 0 Å². The Kier molecular flexibility index (Phi) is 10.5. The van der Waals surface area contributed by atoms with Gasteiger partial charge in [-0.05, 0) is 50.2 Å². The number of hydrogen-bond acceptors (Lipinski definition) is 5. The molecule has 5 N–H and O–H groups in total. The smallest absolute Gasteiger partial charge is 0.251 e. The van der Waals surface area contributed by atoms with Crippen molar-refractivity contribution < 1.29 is 19.2 Å². The zero-order valence-corrected chi connectivity index (χ0v) is 19.9. The Labute approximate surface area is 197 Å². The molecule has 0 atom stereocenters. The first kappa shape index (κ1) is 27.3. The Hall–Kier alpha value is -2.74. The van der Waals surface area contributed by atoms with Crippen LogP contribution in [0.3, 0.4) is 0 Å². The molecule has 0 bridgehead atoms. The van der Waals surface area contributed by atoms with Crippen molar-refractivity contribution in [1.82, 2.24) is 5.32 Å². The molecule has 2 rings (SSSR count). The molecule has 0 unspecified atom stereocenters. The first-order valence-corrected chi connectivity index (χ1v) is 10.6.